The quantitative estimate of drug-likeness (QED) is 0.928. The van der Waals surface area contributed by atoms with Gasteiger partial charge in [0.1, 0.15) is 5.69 Å². The lowest BCUT2D eigenvalue weighted by molar-refractivity contribution is 0.0932. The third-order valence-electron chi connectivity index (χ3n) is 4.51. The lowest BCUT2D eigenvalue weighted by Gasteiger charge is -2.30. The Labute approximate surface area is 126 Å². The molecule has 1 aliphatic carbocycles. The zero-order chi connectivity index (χ0) is 14.7. The van der Waals surface area contributed by atoms with Gasteiger partial charge in [0, 0.05) is 25.3 Å². The van der Waals surface area contributed by atoms with Crippen molar-refractivity contribution in [1.82, 2.24) is 15.3 Å². The molecule has 0 spiro atoms. The molecule has 5 nitrogen and oxygen atoms in total. The molecule has 1 aromatic rings. The number of anilines is 1. The molecule has 1 aliphatic heterocycles. The molecule has 1 amide bonds. The van der Waals surface area contributed by atoms with Crippen LogP contribution in [-0.2, 0) is 0 Å². The summed E-state index contributed by atoms with van der Waals surface area (Å²) in [6.45, 7) is 4.22. The van der Waals surface area contributed by atoms with Crippen LogP contribution in [0.4, 0.5) is 5.95 Å². The summed E-state index contributed by atoms with van der Waals surface area (Å²) in [6.07, 6.45) is 8.74. The smallest absolute Gasteiger partial charge is 0.270 e. The predicted octanol–water partition coefficient (Wildman–Crippen LogP) is 2.39. The van der Waals surface area contributed by atoms with E-state index in [1.165, 1.54) is 25.7 Å². The minimum atomic E-state index is -0.0596. The number of hydrogen-bond donors (Lipinski definition) is 1. The monoisotopic (exact) mass is 288 g/mol. The van der Waals surface area contributed by atoms with Crippen molar-refractivity contribution in [3.63, 3.8) is 0 Å². The standard InChI is InChI=1S/C16H24N4O/c1-12-5-4-10-20(11-12)16-17-9-8-14(19-16)15(21)18-13-6-2-3-7-13/h8-9,12-13H,2-7,10-11H2,1H3,(H,18,21). The van der Waals surface area contributed by atoms with Crippen molar-refractivity contribution >= 4 is 11.9 Å². The van der Waals surface area contributed by atoms with Crippen LogP contribution < -0.4 is 10.2 Å². The van der Waals surface area contributed by atoms with E-state index < -0.39 is 0 Å². The molecule has 1 N–H and O–H groups in total. The number of carbonyl (C=O) groups excluding carboxylic acids is 1. The number of rotatable bonds is 3. The Morgan fingerprint density at radius 3 is 2.86 bits per heavy atom. The summed E-state index contributed by atoms with van der Waals surface area (Å²) in [4.78, 5) is 23.3. The Hall–Kier alpha value is -1.65. The maximum atomic E-state index is 12.3. The largest absolute Gasteiger partial charge is 0.348 e. The van der Waals surface area contributed by atoms with E-state index in [4.69, 9.17) is 0 Å². The summed E-state index contributed by atoms with van der Waals surface area (Å²) in [7, 11) is 0. The van der Waals surface area contributed by atoms with Gasteiger partial charge in [0.25, 0.3) is 5.91 Å². The fourth-order valence-electron chi connectivity index (χ4n) is 3.33. The van der Waals surface area contributed by atoms with Crippen molar-refractivity contribution < 1.29 is 4.79 Å². The Morgan fingerprint density at radius 1 is 1.29 bits per heavy atom. The Kier molecular flexibility index (Phi) is 4.36. The highest BCUT2D eigenvalue weighted by Crippen LogP contribution is 2.20. The minimum Gasteiger partial charge on any atom is -0.348 e. The molecule has 2 heterocycles. The molecule has 2 aliphatic rings. The normalized spacial score (nSPS) is 23.3. The van der Waals surface area contributed by atoms with Crippen LogP contribution in [0, 0.1) is 5.92 Å². The van der Waals surface area contributed by atoms with E-state index in [2.05, 4.69) is 27.1 Å². The van der Waals surface area contributed by atoms with Crippen LogP contribution in [0.5, 0.6) is 0 Å². The average Bonchev–Trinajstić information content (AvgIpc) is 3.00. The third kappa shape index (κ3) is 3.52. The van der Waals surface area contributed by atoms with Gasteiger partial charge in [0.2, 0.25) is 5.95 Å². The first kappa shape index (κ1) is 14.3. The van der Waals surface area contributed by atoms with Gasteiger partial charge in [-0.25, -0.2) is 9.97 Å². The van der Waals surface area contributed by atoms with E-state index in [1.807, 2.05) is 0 Å². The lowest BCUT2D eigenvalue weighted by Crippen LogP contribution is -2.37. The first-order chi connectivity index (χ1) is 10.2. The molecule has 1 aromatic heterocycles. The second kappa shape index (κ2) is 6.41. The van der Waals surface area contributed by atoms with Gasteiger partial charge in [0.05, 0.1) is 0 Å². The molecule has 0 bridgehead atoms. The molecule has 2 fully saturated rings. The Balaban J connectivity index is 1.68. The molecular formula is C16H24N4O. The van der Waals surface area contributed by atoms with Crippen LogP contribution in [0.25, 0.3) is 0 Å². The number of piperidine rings is 1. The van der Waals surface area contributed by atoms with Crippen LogP contribution in [0.3, 0.4) is 0 Å². The highest BCUT2D eigenvalue weighted by Gasteiger charge is 2.21. The summed E-state index contributed by atoms with van der Waals surface area (Å²) in [5, 5.41) is 3.09. The molecule has 0 radical (unpaired) electrons. The molecule has 3 rings (SSSR count). The molecule has 21 heavy (non-hydrogen) atoms. The fourth-order valence-corrected chi connectivity index (χ4v) is 3.33. The van der Waals surface area contributed by atoms with Gasteiger partial charge in [-0.2, -0.15) is 0 Å². The number of hydrogen-bond acceptors (Lipinski definition) is 4. The minimum absolute atomic E-state index is 0.0596. The first-order valence-electron chi connectivity index (χ1n) is 8.11. The zero-order valence-electron chi connectivity index (χ0n) is 12.7. The lowest BCUT2D eigenvalue weighted by atomic mass is 10.0. The fraction of sp³-hybridized carbons (Fsp3) is 0.688. The summed E-state index contributed by atoms with van der Waals surface area (Å²) in [6, 6.07) is 2.03. The summed E-state index contributed by atoms with van der Waals surface area (Å²) < 4.78 is 0. The predicted molar refractivity (Wildman–Crippen MR) is 82.4 cm³/mol. The molecule has 5 heteroatoms. The first-order valence-corrected chi connectivity index (χ1v) is 8.11. The van der Waals surface area contributed by atoms with E-state index >= 15 is 0 Å². The molecule has 1 atom stereocenters. The van der Waals surface area contributed by atoms with E-state index in [9.17, 15) is 4.79 Å². The zero-order valence-corrected chi connectivity index (χ0v) is 12.7. The number of nitrogens with zero attached hydrogens (tertiary/aromatic N) is 3. The van der Waals surface area contributed by atoms with Crippen LogP contribution in [0.1, 0.15) is 55.9 Å². The summed E-state index contributed by atoms with van der Waals surface area (Å²) >= 11 is 0. The molecule has 1 unspecified atom stereocenters. The second-order valence-electron chi connectivity index (χ2n) is 6.39. The number of nitrogens with one attached hydrogen (secondary N) is 1. The van der Waals surface area contributed by atoms with Gasteiger partial charge in [-0.3, -0.25) is 4.79 Å². The van der Waals surface area contributed by atoms with Crippen molar-refractivity contribution in [3.05, 3.63) is 18.0 Å². The Bertz CT molecular complexity index is 499. The number of aromatic nitrogens is 2. The SMILES string of the molecule is CC1CCCN(c2nccc(C(=O)NC3CCCC3)n2)C1. The third-order valence-corrected chi connectivity index (χ3v) is 4.51. The number of amides is 1. The van der Waals surface area contributed by atoms with Gasteiger partial charge >= 0.3 is 0 Å². The summed E-state index contributed by atoms with van der Waals surface area (Å²) in [5.41, 5.74) is 0.491. The van der Waals surface area contributed by atoms with Gasteiger partial charge in [0.15, 0.2) is 0 Å². The molecule has 1 saturated carbocycles. The van der Waals surface area contributed by atoms with E-state index in [0.29, 0.717) is 23.6 Å². The van der Waals surface area contributed by atoms with Crippen molar-refractivity contribution in [2.24, 2.45) is 5.92 Å². The maximum absolute atomic E-state index is 12.3. The second-order valence-corrected chi connectivity index (χ2v) is 6.39. The van der Waals surface area contributed by atoms with Crippen LogP contribution in [-0.4, -0.2) is 35.0 Å². The highest BCUT2D eigenvalue weighted by atomic mass is 16.1. The highest BCUT2D eigenvalue weighted by molar-refractivity contribution is 5.92. The molecular weight excluding hydrogens is 264 g/mol. The number of carbonyl (C=O) groups is 1. The van der Waals surface area contributed by atoms with Gasteiger partial charge < -0.3 is 10.2 Å². The average molecular weight is 288 g/mol. The van der Waals surface area contributed by atoms with Crippen molar-refractivity contribution in [2.45, 2.75) is 51.5 Å². The van der Waals surface area contributed by atoms with Crippen molar-refractivity contribution in [3.8, 4) is 0 Å². The van der Waals surface area contributed by atoms with Gasteiger partial charge in [-0.15, -0.1) is 0 Å². The van der Waals surface area contributed by atoms with Crippen LogP contribution in [0.15, 0.2) is 12.3 Å². The molecule has 114 valence electrons. The van der Waals surface area contributed by atoms with E-state index in [-0.39, 0.29) is 5.91 Å². The van der Waals surface area contributed by atoms with Gasteiger partial charge in [-0.05, 0) is 37.7 Å². The maximum Gasteiger partial charge on any atom is 0.270 e. The van der Waals surface area contributed by atoms with E-state index in [0.717, 1.165) is 25.9 Å². The van der Waals surface area contributed by atoms with Crippen molar-refractivity contribution in [2.75, 3.05) is 18.0 Å². The van der Waals surface area contributed by atoms with E-state index in [1.54, 1.807) is 12.3 Å². The molecule has 0 aromatic carbocycles. The van der Waals surface area contributed by atoms with Crippen LogP contribution in [0.2, 0.25) is 0 Å². The van der Waals surface area contributed by atoms with Crippen molar-refractivity contribution in [1.29, 1.82) is 0 Å². The summed E-state index contributed by atoms with van der Waals surface area (Å²) in [5.74, 6) is 1.30. The van der Waals surface area contributed by atoms with Crippen LogP contribution >= 0.6 is 0 Å². The molecule has 1 saturated heterocycles. The van der Waals surface area contributed by atoms with Gasteiger partial charge in [-0.1, -0.05) is 19.8 Å². The topological polar surface area (TPSA) is 58.1 Å². The Morgan fingerprint density at radius 2 is 2.10 bits per heavy atom.